The van der Waals surface area contributed by atoms with Crippen molar-refractivity contribution in [2.24, 2.45) is 5.92 Å². The molecular formula is C27H31BN2O6S. The van der Waals surface area contributed by atoms with Gasteiger partial charge < -0.3 is 14.8 Å². The Labute approximate surface area is 217 Å². The zero-order valence-electron chi connectivity index (χ0n) is 20.4. The van der Waals surface area contributed by atoms with Gasteiger partial charge in [0.15, 0.2) is 5.78 Å². The van der Waals surface area contributed by atoms with Crippen molar-refractivity contribution in [1.82, 2.24) is 9.71 Å². The number of carbonyl (C=O) groups is 1. The van der Waals surface area contributed by atoms with Crippen LogP contribution in [0.5, 0.6) is 11.5 Å². The lowest BCUT2D eigenvalue weighted by Gasteiger charge is -2.30. The molecule has 0 amide bonds. The van der Waals surface area contributed by atoms with Crippen LogP contribution >= 0.6 is 0 Å². The predicted octanol–water partition coefficient (Wildman–Crippen LogP) is 3.76. The maximum atomic E-state index is 13.3. The van der Waals surface area contributed by atoms with Crippen LogP contribution in [0, 0.1) is 5.92 Å². The molecule has 4 rings (SSSR count). The average molecular weight is 522 g/mol. The summed E-state index contributed by atoms with van der Waals surface area (Å²) in [7, 11) is -5.68. The van der Waals surface area contributed by atoms with Gasteiger partial charge in [-0.1, -0.05) is 49.6 Å². The van der Waals surface area contributed by atoms with E-state index in [2.05, 4.69) is 9.71 Å². The molecule has 0 bridgehead atoms. The molecule has 1 heterocycles. The van der Waals surface area contributed by atoms with E-state index in [1.807, 2.05) is 30.3 Å². The van der Waals surface area contributed by atoms with Gasteiger partial charge >= 0.3 is 7.12 Å². The van der Waals surface area contributed by atoms with E-state index in [1.165, 1.54) is 12.1 Å². The standard InChI is InChI=1S/C27H31BN2O6S/c31-27(19-22(28(32)33)17-20-7-4-8-20)26(18-21-5-2-1-3-6-21)30-37(34,35)25-11-9-23(10-12-25)36-24-13-15-29-16-14-24/h1-3,5-6,9-16,20,22,26,30,32-33H,4,7-8,17-19H2/t22-,26+/m1/s1. The lowest BCUT2D eigenvalue weighted by Crippen LogP contribution is -2.43. The minimum Gasteiger partial charge on any atom is -0.457 e. The largest absolute Gasteiger partial charge is 0.457 e. The Bertz CT molecular complexity index is 1250. The highest BCUT2D eigenvalue weighted by Crippen LogP contribution is 2.36. The average Bonchev–Trinajstić information content (AvgIpc) is 2.86. The Morgan fingerprint density at radius 1 is 1.00 bits per heavy atom. The van der Waals surface area contributed by atoms with Crippen LogP contribution < -0.4 is 9.46 Å². The van der Waals surface area contributed by atoms with Gasteiger partial charge in [0.1, 0.15) is 11.5 Å². The minimum atomic E-state index is -4.05. The summed E-state index contributed by atoms with van der Waals surface area (Å²) in [4.78, 5) is 17.3. The highest BCUT2D eigenvalue weighted by molar-refractivity contribution is 7.89. The Balaban J connectivity index is 1.49. The molecule has 1 saturated carbocycles. The summed E-state index contributed by atoms with van der Waals surface area (Å²) in [5.41, 5.74) is 0.796. The minimum absolute atomic E-state index is 0.00588. The van der Waals surface area contributed by atoms with Gasteiger partial charge in [-0.3, -0.25) is 9.78 Å². The van der Waals surface area contributed by atoms with Crippen LogP contribution in [-0.4, -0.2) is 42.4 Å². The van der Waals surface area contributed by atoms with Crippen LogP contribution in [0.2, 0.25) is 5.82 Å². The molecule has 0 aliphatic heterocycles. The molecular weight excluding hydrogens is 491 g/mol. The van der Waals surface area contributed by atoms with E-state index >= 15 is 0 Å². The van der Waals surface area contributed by atoms with Crippen molar-refractivity contribution in [3.05, 3.63) is 84.7 Å². The molecule has 1 fully saturated rings. The first-order valence-corrected chi connectivity index (χ1v) is 13.9. The first-order chi connectivity index (χ1) is 17.8. The topological polar surface area (TPSA) is 126 Å². The molecule has 0 spiro atoms. The second kappa shape index (κ2) is 12.5. The van der Waals surface area contributed by atoms with Crippen molar-refractivity contribution in [3.63, 3.8) is 0 Å². The maximum absolute atomic E-state index is 13.3. The number of hydrogen-bond acceptors (Lipinski definition) is 7. The predicted molar refractivity (Wildman–Crippen MR) is 141 cm³/mol. The highest BCUT2D eigenvalue weighted by Gasteiger charge is 2.34. The van der Waals surface area contributed by atoms with Crippen molar-refractivity contribution in [1.29, 1.82) is 0 Å². The third-order valence-corrected chi connectivity index (χ3v) is 8.22. The fourth-order valence-corrected chi connectivity index (χ4v) is 5.64. The Hall–Kier alpha value is -3.05. The van der Waals surface area contributed by atoms with Crippen LogP contribution in [0.15, 0.2) is 84.0 Å². The van der Waals surface area contributed by atoms with E-state index in [4.69, 9.17) is 4.74 Å². The summed E-state index contributed by atoms with van der Waals surface area (Å²) in [6, 6.07) is 17.4. The van der Waals surface area contributed by atoms with E-state index < -0.39 is 29.0 Å². The summed E-state index contributed by atoms with van der Waals surface area (Å²) in [5, 5.41) is 19.8. The van der Waals surface area contributed by atoms with Gasteiger partial charge in [-0.2, -0.15) is 0 Å². The van der Waals surface area contributed by atoms with Gasteiger partial charge in [0, 0.05) is 24.6 Å². The molecule has 0 unspecified atom stereocenters. The van der Waals surface area contributed by atoms with Crippen LogP contribution in [0.3, 0.4) is 0 Å². The van der Waals surface area contributed by atoms with Gasteiger partial charge in [0.05, 0.1) is 10.9 Å². The van der Waals surface area contributed by atoms with Crippen molar-refractivity contribution in [3.8, 4) is 11.5 Å². The summed E-state index contributed by atoms with van der Waals surface area (Å²) in [5.74, 6) is 0.391. The molecule has 0 radical (unpaired) electrons. The number of sulfonamides is 1. The van der Waals surface area contributed by atoms with E-state index in [-0.39, 0.29) is 23.5 Å². The van der Waals surface area contributed by atoms with E-state index in [1.54, 1.807) is 36.7 Å². The first-order valence-electron chi connectivity index (χ1n) is 12.4. The zero-order valence-corrected chi connectivity index (χ0v) is 21.3. The summed E-state index contributed by atoms with van der Waals surface area (Å²) < 4.78 is 34.8. The number of ketones is 1. The zero-order chi connectivity index (χ0) is 26.3. The summed E-state index contributed by atoms with van der Waals surface area (Å²) >= 11 is 0. The fourth-order valence-electron chi connectivity index (χ4n) is 4.42. The van der Waals surface area contributed by atoms with Gasteiger partial charge in [-0.05, 0) is 60.7 Å². The number of benzene rings is 2. The number of aromatic nitrogens is 1. The molecule has 1 aliphatic carbocycles. The molecule has 8 nitrogen and oxygen atoms in total. The van der Waals surface area contributed by atoms with Crippen LogP contribution in [0.4, 0.5) is 0 Å². The molecule has 3 aromatic rings. The molecule has 1 aromatic heterocycles. The van der Waals surface area contributed by atoms with Crippen molar-refractivity contribution >= 4 is 22.9 Å². The van der Waals surface area contributed by atoms with E-state index in [0.29, 0.717) is 23.8 Å². The fraction of sp³-hybridized carbons (Fsp3) is 0.333. The number of Topliss-reactive ketones (excluding diaryl/α,β-unsaturated/α-hetero) is 1. The Morgan fingerprint density at radius 3 is 2.24 bits per heavy atom. The van der Waals surface area contributed by atoms with E-state index in [9.17, 15) is 23.3 Å². The van der Waals surface area contributed by atoms with Crippen LogP contribution in [0.25, 0.3) is 0 Å². The molecule has 3 N–H and O–H groups in total. The number of hydrogen-bond donors (Lipinski definition) is 3. The van der Waals surface area contributed by atoms with Gasteiger partial charge in [-0.25, -0.2) is 13.1 Å². The highest BCUT2D eigenvalue weighted by atomic mass is 32.2. The Kier molecular flexibility index (Phi) is 9.10. The van der Waals surface area contributed by atoms with Crippen molar-refractivity contribution in [2.75, 3.05) is 0 Å². The van der Waals surface area contributed by atoms with Crippen LogP contribution in [-0.2, 0) is 21.2 Å². The lowest BCUT2D eigenvalue weighted by molar-refractivity contribution is -0.120. The molecule has 0 saturated heterocycles. The number of pyridine rings is 1. The molecule has 2 aromatic carbocycles. The second-order valence-corrected chi connectivity index (χ2v) is 11.2. The summed E-state index contributed by atoms with van der Waals surface area (Å²) in [6.45, 7) is 0. The smallest absolute Gasteiger partial charge is 0.455 e. The second-order valence-electron chi connectivity index (χ2n) is 9.50. The lowest BCUT2D eigenvalue weighted by atomic mass is 9.63. The van der Waals surface area contributed by atoms with Gasteiger partial charge in [-0.15, -0.1) is 0 Å². The SMILES string of the molecule is O=C(C[C@@H](CC1CCC1)B(O)O)[C@H](Cc1ccccc1)NS(=O)(=O)c1ccc(Oc2ccncc2)cc1. The number of nitrogens with zero attached hydrogens (tertiary/aromatic N) is 1. The van der Waals surface area contributed by atoms with Crippen molar-refractivity contribution in [2.45, 2.75) is 55.3 Å². The third kappa shape index (κ3) is 7.72. The van der Waals surface area contributed by atoms with E-state index in [0.717, 1.165) is 24.8 Å². The molecule has 1 aliphatic rings. The van der Waals surface area contributed by atoms with Gasteiger partial charge in [0.2, 0.25) is 10.0 Å². The number of ether oxygens (including phenoxy) is 1. The summed E-state index contributed by atoms with van der Waals surface area (Å²) in [6.07, 6.45) is 6.88. The monoisotopic (exact) mass is 522 g/mol. The number of nitrogens with one attached hydrogen (secondary N) is 1. The number of rotatable bonds is 13. The first kappa shape index (κ1) is 27.0. The number of carbonyl (C=O) groups excluding carboxylic acids is 1. The molecule has 2 atom stereocenters. The maximum Gasteiger partial charge on any atom is 0.455 e. The normalized spacial score (nSPS) is 15.4. The quantitative estimate of drug-likeness (QED) is 0.292. The van der Waals surface area contributed by atoms with Crippen LogP contribution in [0.1, 0.15) is 37.7 Å². The Morgan fingerprint density at radius 2 is 1.65 bits per heavy atom. The van der Waals surface area contributed by atoms with Crippen molar-refractivity contribution < 1.29 is 28.0 Å². The third-order valence-electron chi connectivity index (χ3n) is 6.73. The molecule has 37 heavy (non-hydrogen) atoms. The molecule has 194 valence electrons. The molecule has 10 heteroatoms. The van der Waals surface area contributed by atoms with Gasteiger partial charge in [0.25, 0.3) is 0 Å².